The lowest BCUT2D eigenvalue weighted by Gasteiger charge is -2.18. The molecule has 0 saturated carbocycles. The van der Waals surface area contributed by atoms with Gasteiger partial charge in [-0.15, -0.1) is 0 Å². The fraction of sp³-hybridized carbons (Fsp3) is 0.182. The van der Waals surface area contributed by atoms with Crippen LogP contribution < -0.4 is 4.90 Å². The summed E-state index contributed by atoms with van der Waals surface area (Å²) < 4.78 is 6.39. The Balaban J connectivity index is 1.84. The van der Waals surface area contributed by atoms with Crippen LogP contribution in [-0.4, -0.2) is 15.8 Å². The second-order valence-electron chi connectivity index (χ2n) is 7.09. The molecule has 2 aromatic carbocycles. The average Bonchev–Trinajstić information content (AvgIpc) is 3.40. The van der Waals surface area contributed by atoms with Crippen LogP contribution in [0.5, 0.6) is 0 Å². The topological polar surface area (TPSA) is 89.5 Å². The number of fused-ring (bicyclic) bond motifs is 1. The van der Waals surface area contributed by atoms with Crippen molar-refractivity contribution >= 4 is 38.3 Å². The number of rotatable bonds is 6. The highest BCUT2D eigenvalue weighted by Gasteiger charge is 2.28. The number of hydrogen-bond acceptors (Lipinski definition) is 6. The van der Waals surface area contributed by atoms with Gasteiger partial charge in [0, 0.05) is 6.07 Å². The van der Waals surface area contributed by atoms with Gasteiger partial charge >= 0.3 is 0 Å². The first-order valence-electron chi connectivity index (χ1n) is 9.43. The number of nitro benzene ring substituents is 1. The van der Waals surface area contributed by atoms with E-state index in [9.17, 15) is 14.9 Å². The van der Waals surface area contributed by atoms with Crippen molar-refractivity contribution in [2.45, 2.75) is 26.3 Å². The lowest BCUT2D eigenvalue weighted by molar-refractivity contribution is -0.385. The van der Waals surface area contributed by atoms with E-state index in [4.69, 9.17) is 9.40 Å². The molecule has 0 radical (unpaired) electrons. The first kappa shape index (κ1) is 19.8. The third kappa shape index (κ3) is 3.69. The second-order valence-corrected chi connectivity index (χ2v) is 8.10. The van der Waals surface area contributed by atoms with Gasteiger partial charge in [0.2, 0.25) is 0 Å². The standard InChI is InChI=1S/C22H19N3O4S/c1-14(2)16-9-5-11-19-20(16)23-22(30-19)24(13-15-7-6-12-29-15)21(26)17-8-3-4-10-18(17)25(27)28/h3-12,14H,13H2,1-2H3. The van der Waals surface area contributed by atoms with Gasteiger partial charge in [0.1, 0.15) is 11.3 Å². The molecule has 0 bridgehead atoms. The molecule has 0 fully saturated rings. The van der Waals surface area contributed by atoms with Gasteiger partial charge in [-0.3, -0.25) is 19.8 Å². The van der Waals surface area contributed by atoms with Gasteiger partial charge < -0.3 is 4.42 Å². The maximum Gasteiger partial charge on any atom is 0.282 e. The number of anilines is 1. The molecule has 0 aliphatic rings. The third-order valence-electron chi connectivity index (χ3n) is 4.76. The summed E-state index contributed by atoms with van der Waals surface area (Å²) in [5.74, 6) is 0.335. The molecular weight excluding hydrogens is 402 g/mol. The summed E-state index contributed by atoms with van der Waals surface area (Å²) in [4.78, 5) is 30.5. The molecule has 0 atom stereocenters. The Hall–Kier alpha value is -3.52. The smallest absolute Gasteiger partial charge is 0.282 e. The maximum absolute atomic E-state index is 13.4. The van der Waals surface area contributed by atoms with E-state index in [1.54, 1.807) is 24.3 Å². The number of hydrogen-bond donors (Lipinski definition) is 0. The SMILES string of the molecule is CC(C)c1cccc2sc(N(Cc3ccco3)C(=O)c3ccccc3[N+](=O)[O-])nc12. The Bertz CT molecular complexity index is 1210. The highest BCUT2D eigenvalue weighted by atomic mass is 32.1. The first-order valence-corrected chi connectivity index (χ1v) is 10.2. The van der Waals surface area contributed by atoms with Gasteiger partial charge in [0.05, 0.1) is 27.9 Å². The van der Waals surface area contributed by atoms with E-state index in [0.717, 1.165) is 15.8 Å². The maximum atomic E-state index is 13.4. The van der Waals surface area contributed by atoms with Crippen molar-refractivity contribution in [1.82, 2.24) is 4.98 Å². The van der Waals surface area contributed by atoms with Gasteiger partial charge in [-0.2, -0.15) is 0 Å². The summed E-state index contributed by atoms with van der Waals surface area (Å²) >= 11 is 1.38. The minimum atomic E-state index is -0.548. The molecule has 0 spiro atoms. The number of nitrogens with zero attached hydrogens (tertiary/aromatic N) is 3. The van der Waals surface area contributed by atoms with Gasteiger partial charge in [-0.05, 0) is 35.7 Å². The fourth-order valence-corrected chi connectivity index (χ4v) is 4.28. The molecule has 152 valence electrons. The highest BCUT2D eigenvalue weighted by molar-refractivity contribution is 7.22. The molecule has 30 heavy (non-hydrogen) atoms. The number of thiazole rings is 1. The zero-order valence-corrected chi connectivity index (χ0v) is 17.3. The molecule has 7 nitrogen and oxygen atoms in total. The molecule has 4 aromatic rings. The molecule has 0 aliphatic heterocycles. The van der Waals surface area contributed by atoms with E-state index < -0.39 is 10.8 Å². The van der Waals surface area contributed by atoms with Crippen LogP contribution in [0.4, 0.5) is 10.8 Å². The molecule has 0 unspecified atom stereocenters. The van der Waals surface area contributed by atoms with Crippen LogP contribution in [0.25, 0.3) is 10.2 Å². The van der Waals surface area contributed by atoms with E-state index in [1.807, 2.05) is 18.2 Å². The Morgan fingerprint density at radius 3 is 2.67 bits per heavy atom. The van der Waals surface area contributed by atoms with Crippen LogP contribution in [0.15, 0.2) is 65.3 Å². The highest BCUT2D eigenvalue weighted by Crippen LogP contribution is 2.35. The summed E-state index contributed by atoms with van der Waals surface area (Å²) in [6.07, 6.45) is 1.53. The number of furan rings is 1. The van der Waals surface area contributed by atoms with Gasteiger partial charge in [-0.25, -0.2) is 4.98 Å². The Kier molecular flexibility index (Phi) is 5.33. The van der Waals surface area contributed by atoms with Gasteiger partial charge in [-0.1, -0.05) is 49.4 Å². The van der Waals surface area contributed by atoms with E-state index >= 15 is 0 Å². The number of carbonyl (C=O) groups is 1. The summed E-state index contributed by atoms with van der Waals surface area (Å²) in [7, 11) is 0. The lowest BCUT2D eigenvalue weighted by Crippen LogP contribution is -2.30. The van der Waals surface area contributed by atoms with Crippen LogP contribution in [0.3, 0.4) is 0 Å². The molecular formula is C22H19N3O4S. The number of benzene rings is 2. The zero-order chi connectivity index (χ0) is 21.3. The van der Waals surface area contributed by atoms with Crippen LogP contribution in [0.1, 0.15) is 41.4 Å². The van der Waals surface area contributed by atoms with Crippen LogP contribution >= 0.6 is 11.3 Å². The monoisotopic (exact) mass is 421 g/mol. The van der Waals surface area contributed by atoms with Crippen molar-refractivity contribution in [3.05, 3.63) is 87.9 Å². The molecule has 0 aliphatic carbocycles. The van der Waals surface area contributed by atoms with Gasteiger partial charge in [0.25, 0.3) is 11.6 Å². The first-order chi connectivity index (χ1) is 14.5. The predicted octanol–water partition coefficient (Wildman–Crippen LogP) is 5.77. The lowest BCUT2D eigenvalue weighted by atomic mass is 10.0. The summed E-state index contributed by atoms with van der Waals surface area (Å²) in [5.41, 5.74) is 1.70. The molecule has 8 heteroatoms. The molecule has 0 saturated heterocycles. The third-order valence-corrected chi connectivity index (χ3v) is 5.81. The molecule has 4 rings (SSSR count). The quantitative estimate of drug-likeness (QED) is 0.291. The zero-order valence-electron chi connectivity index (χ0n) is 16.4. The normalized spacial score (nSPS) is 11.2. The van der Waals surface area contributed by atoms with E-state index in [2.05, 4.69) is 13.8 Å². The number of para-hydroxylation sites is 2. The van der Waals surface area contributed by atoms with Crippen molar-refractivity contribution in [2.75, 3.05) is 4.90 Å². The molecule has 1 amide bonds. The minimum Gasteiger partial charge on any atom is -0.467 e. The Morgan fingerprint density at radius 2 is 1.97 bits per heavy atom. The fourth-order valence-electron chi connectivity index (χ4n) is 3.28. The Morgan fingerprint density at radius 1 is 1.17 bits per heavy atom. The number of carbonyl (C=O) groups excluding carboxylic acids is 1. The van der Waals surface area contributed by atoms with Crippen molar-refractivity contribution in [1.29, 1.82) is 0 Å². The van der Waals surface area contributed by atoms with E-state index in [1.165, 1.54) is 34.6 Å². The molecule has 0 N–H and O–H groups in total. The molecule has 2 heterocycles. The average molecular weight is 421 g/mol. The predicted molar refractivity (Wildman–Crippen MR) is 116 cm³/mol. The largest absolute Gasteiger partial charge is 0.467 e. The van der Waals surface area contributed by atoms with Gasteiger partial charge in [0.15, 0.2) is 5.13 Å². The van der Waals surface area contributed by atoms with Crippen molar-refractivity contribution in [2.24, 2.45) is 0 Å². The summed E-state index contributed by atoms with van der Waals surface area (Å²) in [5, 5.41) is 11.9. The van der Waals surface area contributed by atoms with Crippen LogP contribution in [-0.2, 0) is 6.54 Å². The van der Waals surface area contributed by atoms with Crippen molar-refractivity contribution in [3.63, 3.8) is 0 Å². The minimum absolute atomic E-state index is 0.0115. The van der Waals surface area contributed by atoms with E-state index in [-0.39, 0.29) is 23.7 Å². The Labute approximate surface area is 176 Å². The van der Waals surface area contributed by atoms with Crippen LogP contribution in [0, 0.1) is 10.1 Å². The van der Waals surface area contributed by atoms with Crippen LogP contribution in [0.2, 0.25) is 0 Å². The van der Waals surface area contributed by atoms with E-state index in [0.29, 0.717) is 10.9 Å². The summed E-state index contributed by atoms with van der Waals surface area (Å²) in [6, 6.07) is 15.4. The molecule has 2 aromatic heterocycles. The number of amides is 1. The van der Waals surface area contributed by atoms with Crippen molar-refractivity contribution < 1.29 is 14.1 Å². The summed E-state index contributed by atoms with van der Waals surface area (Å²) in [6.45, 7) is 4.30. The number of nitro groups is 1. The number of aromatic nitrogens is 1. The van der Waals surface area contributed by atoms with Crippen molar-refractivity contribution in [3.8, 4) is 0 Å². The second kappa shape index (κ2) is 8.08.